The Balaban J connectivity index is 2.01. The summed E-state index contributed by atoms with van der Waals surface area (Å²) in [5.41, 5.74) is 0. The fourth-order valence-corrected chi connectivity index (χ4v) is 2.03. The van der Waals surface area contributed by atoms with Crippen LogP contribution in [0.1, 0.15) is 46.0 Å². The molecule has 1 aliphatic carbocycles. The zero-order valence-corrected chi connectivity index (χ0v) is 10.1. The highest BCUT2D eigenvalue weighted by Crippen LogP contribution is 2.22. The van der Waals surface area contributed by atoms with Crippen molar-refractivity contribution in [2.24, 2.45) is 0 Å². The molecular formula is C12H26N2. The molecule has 0 spiro atoms. The third kappa shape index (κ3) is 3.58. The maximum atomic E-state index is 3.61. The van der Waals surface area contributed by atoms with Gasteiger partial charge in [0, 0.05) is 25.2 Å². The van der Waals surface area contributed by atoms with Crippen molar-refractivity contribution in [1.29, 1.82) is 0 Å². The van der Waals surface area contributed by atoms with Gasteiger partial charge in [-0.05, 0) is 32.7 Å². The molecule has 1 fully saturated rings. The van der Waals surface area contributed by atoms with E-state index in [9.17, 15) is 0 Å². The summed E-state index contributed by atoms with van der Waals surface area (Å²) < 4.78 is 0. The lowest BCUT2D eigenvalue weighted by molar-refractivity contribution is 0.159. The molecule has 2 heteroatoms. The highest BCUT2D eigenvalue weighted by atomic mass is 15.1. The molecule has 0 radical (unpaired) electrons. The third-order valence-electron chi connectivity index (χ3n) is 3.58. The zero-order chi connectivity index (χ0) is 10.4. The van der Waals surface area contributed by atoms with E-state index >= 15 is 0 Å². The molecule has 0 unspecified atom stereocenters. The Kier molecular flexibility index (Phi) is 5.49. The van der Waals surface area contributed by atoms with Crippen LogP contribution in [0.15, 0.2) is 0 Å². The van der Waals surface area contributed by atoms with Crippen molar-refractivity contribution in [3.63, 3.8) is 0 Å². The molecule has 0 saturated heterocycles. The molecule has 0 atom stereocenters. The van der Waals surface area contributed by atoms with Crippen molar-refractivity contribution in [3.8, 4) is 0 Å². The van der Waals surface area contributed by atoms with Gasteiger partial charge >= 0.3 is 0 Å². The van der Waals surface area contributed by atoms with Crippen LogP contribution in [0.3, 0.4) is 0 Å². The molecule has 2 nitrogen and oxygen atoms in total. The molecule has 0 aromatic rings. The Labute approximate surface area is 89.1 Å². The molecule has 1 saturated carbocycles. The monoisotopic (exact) mass is 198 g/mol. The quantitative estimate of drug-likeness (QED) is 0.675. The molecule has 1 N–H and O–H groups in total. The van der Waals surface area contributed by atoms with E-state index in [1.807, 2.05) is 0 Å². The molecule has 0 aliphatic heterocycles. The van der Waals surface area contributed by atoms with Crippen LogP contribution in [0.4, 0.5) is 0 Å². The molecule has 1 rings (SSSR count). The largest absolute Gasteiger partial charge is 0.313 e. The number of nitrogens with one attached hydrogen (secondary N) is 1. The lowest BCUT2D eigenvalue weighted by atomic mass is 9.92. The van der Waals surface area contributed by atoms with Gasteiger partial charge in [0.25, 0.3) is 0 Å². The van der Waals surface area contributed by atoms with Crippen molar-refractivity contribution in [2.45, 2.75) is 58.0 Å². The Morgan fingerprint density at radius 3 is 2.36 bits per heavy atom. The van der Waals surface area contributed by atoms with Gasteiger partial charge in [0.05, 0.1) is 0 Å². The van der Waals surface area contributed by atoms with Crippen LogP contribution < -0.4 is 5.32 Å². The third-order valence-corrected chi connectivity index (χ3v) is 3.58. The summed E-state index contributed by atoms with van der Waals surface area (Å²) in [5.74, 6) is 0. The maximum Gasteiger partial charge on any atom is 0.0107 e. The van der Waals surface area contributed by atoms with Crippen LogP contribution in [0.2, 0.25) is 0 Å². The average Bonchev–Trinajstić information content (AvgIpc) is 2.09. The molecular weight excluding hydrogens is 172 g/mol. The second-order valence-corrected chi connectivity index (χ2v) is 4.53. The topological polar surface area (TPSA) is 15.3 Å². The van der Waals surface area contributed by atoms with Crippen LogP contribution >= 0.6 is 0 Å². The SMILES string of the molecule is CCC(CC)NCCN(C)C1CCC1. The molecule has 0 aromatic carbocycles. The smallest absolute Gasteiger partial charge is 0.0107 e. The molecule has 0 heterocycles. The predicted octanol–water partition coefficient (Wildman–Crippen LogP) is 2.25. The Bertz CT molecular complexity index is 139. The van der Waals surface area contributed by atoms with Crippen molar-refractivity contribution in [3.05, 3.63) is 0 Å². The zero-order valence-electron chi connectivity index (χ0n) is 10.1. The van der Waals surface area contributed by atoms with Crippen LogP contribution in [0.25, 0.3) is 0 Å². The Morgan fingerprint density at radius 2 is 1.93 bits per heavy atom. The van der Waals surface area contributed by atoms with Crippen LogP contribution in [0, 0.1) is 0 Å². The fourth-order valence-electron chi connectivity index (χ4n) is 2.03. The summed E-state index contributed by atoms with van der Waals surface area (Å²) in [6, 6.07) is 1.61. The van der Waals surface area contributed by atoms with Crippen molar-refractivity contribution >= 4 is 0 Å². The molecule has 0 bridgehead atoms. The number of nitrogens with zero attached hydrogens (tertiary/aromatic N) is 1. The minimum absolute atomic E-state index is 0.727. The molecule has 84 valence electrons. The second-order valence-electron chi connectivity index (χ2n) is 4.53. The first-order valence-electron chi connectivity index (χ1n) is 6.21. The first kappa shape index (κ1) is 12.0. The first-order valence-corrected chi connectivity index (χ1v) is 6.21. The minimum atomic E-state index is 0.727. The van der Waals surface area contributed by atoms with Gasteiger partial charge in [-0.1, -0.05) is 20.3 Å². The van der Waals surface area contributed by atoms with Gasteiger partial charge in [-0.2, -0.15) is 0 Å². The molecule has 14 heavy (non-hydrogen) atoms. The average molecular weight is 198 g/mol. The summed E-state index contributed by atoms with van der Waals surface area (Å²) >= 11 is 0. The van der Waals surface area contributed by atoms with Gasteiger partial charge in [0.2, 0.25) is 0 Å². The Hall–Kier alpha value is -0.0800. The standard InChI is InChI=1S/C12H26N2/c1-4-11(5-2)13-9-10-14(3)12-7-6-8-12/h11-13H,4-10H2,1-3H3. The summed E-state index contributed by atoms with van der Waals surface area (Å²) in [6.07, 6.45) is 6.78. The highest BCUT2D eigenvalue weighted by Gasteiger charge is 2.21. The summed E-state index contributed by atoms with van der Waals surface area (Å²) in [6.45, 7) is 6.88. The molecule has 0 aromatic heterocycles. The van der Waals surface area contributed by atoms with Crippen LogP contribution in [-0.2, 0) is 0 Å². The Morgan fingerprint density at radius 1 is 1.29 bits per heavy atom. The number of hydrogen-bond donors (Lipinski definition) is 1. The minimum Gasteiger partial charge on any atom is -0.313 e. The predicted molar refractivity (Wildman–Crippen MR) is 62.6 cm³/mol. The van der Waals surface area contributed by atoms with E-state index in [2.05, 4.69) is 31.1 Å². The van der Waals surface area contributed by atoms with E-state index in [0.717, 1.165) is 18.6 Å². The molecule has 0 amide bonds. The lowest BCUT2D eigenvalue weighted by Gasteiger charge is -2.35. The van der Waals surface area contributed by atoms with Crippen molar-refractivity contribution in [2.75, 3.05) is 20.1 Å². The van der Waals surface area contributed by atoms with Crippen LogP contribution in [0.5, 0.6) is 0 Å². The normalized spacial score (nSPS) is 17.8. The van der Waals surface area contributed by atoms with E-state index in [1.54, 1.807) is 0 Å². The van der Waals surface area contributed by atoms with Crippen molar-refractivity contribution < 1.29 is 0 Å². The highest BCUT2D eigenvalue weighted by molar-refractivity contribution is 4.78. The lowest BCUT2D eigenvalue weighted by Crippen LogP contribution is -2.42. The summed E-state index contributed by atoms with van der Waals surface area (Å²) in [7, 11) is 2.26. The maximum absolute atomic E-state index is 3.61. The van der Waals surface area contributed by atoms with Gasteiger partial charge in [-0.15, -0.1) is 0 Å². The van der Waals surface area contributed by atoms with Crippen molar-refractivity contribution in [1.82, 2.24) is 10.2 Å². The van der Waals surface area contributed by atoms with Gasteiger partial charge < -0.3 is 10.2 Å². The van der Waals surface area contributed by atoms with Gasteiger partial charge in [0.1, 0.15) is 0 Å². The second kappa shape index (κ2) is 6.41. The number of hydrogen-bond acceptors (Lipinski definition) is 2. The van der Waals surface area contributed by atoms with E-state index in [1.165, 1.54) is 38.6 Å². The van der Waals surface area contributed by atoms with Crippen LogP contribution in [-0.4, -0.2) is 37.1 Å². The fraction of sp³-hybridized carbons (Fsp3) is 1.00. The summed E-state index contributed by atoms with van der Waals surface area (Å²) in [5, 5.41) is 3.61. The van der Waals surface area contributed by atoms with Gasteiger partial charge in [-0.25, -0.2) is 0 Å². The summed E-state index contributed by atoms with van der Waals surface area (Å²) in [4.78, 5) is 2.51. The van der Waals surface area contributed by atoms with E-state index in [0.29, 0.717) is 0 Å². The van der Waals surface area contributed by atoms with Gasteiger partial charge in [0.15, 0.2) is 0 Å². The first-order chi connectivity index (χ1) is 6.77. The molecule has 1 aliphatic rings. The number of rotatable bonds is 7. The van der Waals surface area contributed by atoms with E-state index < -0.39 is 0 Å². The van der Waals surface area contributed by atoms with Gasteiger partial charge in [-0.3, -0.25) is 0 Å². The van der Waals surface area contributed by atoms with E-state index in [-0.39, 0.29) is 0 Å². The number of likely N-dealkylation sites (N-methyl/N-ethyl adjacent to an activating group) is 1. The van der Waals surface area contributed by atoms with E-state index in [4.69, 9.17) is 0 Å².